The number of aliphatic hydroxyl groups excluding tert-OH is 1. The smallest absolute Gasteiger partial charge is 0.123 e. The second-order valence-corrected chi connectivity index (χ2v) is 6.73. The second-order valence-electron chi connectivity index (χ2n) is 6.73. The molecule has 0 bridgehead atoms. The molecule has 2 atom stereocenters. The van der Waals surface area contributed by atoms with Gasteiger partial charge in [-0.3, -0.25) is 4.90 Å². The number of aliphatic hydroxyl groups is 1. The van der Waals surface area contributed by atoms with Gasteiger partial charge in [0.05, 0.1) is 6.10 Å². The highest BCUT2D eigenvalue weighted by Gasteiger charge is 2.21. The monoisotopic (exact) mass is 359 g/mol. The van der Waals surface area contributed by atoms with E-state index in [0.717, 1.165) is 37.3 Å². The predicted octanol–water partition coefficient (Wildman–Crippen LogP) is 3.25. The van der Waals surface area contributed by atoms with Crippen molar-refractivity contribution in [2.75, 3.05) is 26.3 Å². The second kappa shape index (κ2) is 9.67. The molecule has 2 aromatic rings. The Morgan fingerprint density at radius 3 is 2.62 bits per heavy atom. The number of ether oxygens (including phenoxy) is 2. The van der Waals surface area contributed by atoms with E-state index in [1.165, 1.54) is 12.1 Å². The molecule has 1 aliphatic rings. The van der Waals surface area contributed by atoms with Crippen LogP contribution < -0.4 is 4.74 Å². The summed E-state index contributed by atoms with van der Waals surface area (Å²) in [4.78, 5) is 2.16. The van der Waals surface area contributed by atoms with E-state index in [4.69, 9.17) is 9.47 Å². The Bertz CT molecular complexity index is 644. The van der Waals surface area contributed by atoms with Crippen molar-refractivity contribution in [3.63, 3.8) is 0 Å². The molecule has 0 aromatic heterocycles. The third-order valence-electron chi connectivity index (χ3n) is 4.46. The number of benzene rings is 2. The van der Waals surface area contributed by atoms with E-state index < -0.39 is 6.10 Å². The van der Waals surface area contributed by atoms with Crippen LogP contribution in [-0.4, -0.2) is 48.5 Å². The lowest BCUT2D eigenvalue weighted by Crippen LogP contribution is -2.39. The Kier molecular flexibility index (Phi) is 7.00. The molecule has 0 spiro atoms. The summed E-state index contributed by atoms with van der Waals surface area (Å²) in [5.41, 5.74) is 1.01. The molecule has 2 unspecified atom stereocenters. The number of nitrogens with zero attached hydrogens (tertiary/aromatic N) is 1. The van der Waals surface area contributed by atoms with Crippen LogP contribution >= 0.6 is 0 Å². The van der Waals surface area contributed by atoms with Gasteiger partial charge in [-0.1, -0.05) is 30.3 Å². The molecular formula is C21H26FNO3. The number of rotatable bonds is 9. The molecule has 1 N–H and O–H groups in total. The fraction of sp³-hybridized carbons (Fsp3) is 0.429. The van der Waals surface area contributed by atoms with Gasteiger partial charge >= 0.3 is 0 Å². The summed E-state index contributed by atoms with van der Waals surface area (Å²) in [6.07, 6.45) is 1.69. The van der Waals surface area contributed by atoms with Crippen LogP contribution in [0.3, 0.4) is 0 Å². The molecule has 5 heteroatoms. The van der Waals surface area contributed by atoms with Gasteiger partial charge < -0.3 is 14.6 Å². The maximum atomic E-state index is 13.1. The standard InChI is InChI=1S/C21H26FNO3/c22-18-10-8-17(9-11-18)13-23(15-21-7-4-12-25-21)14-19(24)16-26-20-5-2-1-3-6-20/h1-3,5-6,8-11,19,21,24H,4,7,12-16H2. The maximum Gasteiger partial charge on any atom is 0.123 e. The summed E-state index contributed by atoms with van der Waals surface area (Å²) in [6.45, 7) is 2.90. The highest BCUT2D eigenvalue weighted by Crippen LogP contribution is 2.16. The highest BCUT2D eigenvalue weighted by molar-refractivity contribution is 5.21. The van der Waals surface area contributed by atoms with Crippen LogP contribution in [0.4, 0.5) is 4.39 Å². The Labute approximate surface area is 154 Å². The zero-order chi connectivity index (χ0) is 18.2. The van der Waals surface area contributed by atoms with Crippen LogP contribution in [0, 0.1) is 5.82 Å². The van der Waals surface area contributed by atoms with Crippen molar-refractivity contribution >= 4 is 0 Å². The van der Waals surface area contributed by atoms with Gasteiger partial charge in [0.25, 0.3) is 0 Å². The molecule has 1 heterocycles. The summed E-state index contributed by atoms with van der Waals surface area (Å²) >= 11 is 0. The van der Waals surface area contributed by atoms with Gasteiger partial charge in [0.15, 0.2) is 0 Å². The Morgan fingerprint density at radius 1 is 1.15 bits per heavy atom. The first-order chi connectivity index (χ1) is 12.7. The summed E-state index contributed by atoms with van der Waals surface area (Å²) in [5, 5.41) is 10.4. The van der Waals surface area contributed by atoms with Crippen LogP contribution in [0.15, 0.2) is 54.6 Å². The van der Waals surface area contributed by atoms with E-state index in [1.54, 1.807) is 12.1 Å². The van der Waals surface area contributed by atoms with Gasteiger partial charge in [0, 0.05) is 26.2 Å². The molecule has 0 amide bonds. The molecule has 1 aliphatic heterocycles. The van der Waals surface area contributed by atoms with Crippen LogP contribution in [0.1, 0.15) is 18.4 Å². The van der Waals surface area contributed by atoms with Crippen LogP contribution in [0.5, 0.6) is 5.75 Å². The quantitative estimate of drug-likeness (QED) is 0.746. The third-order valence-corrected chi connectivity index (χ3v) is 4.46. The van der Waals surface area contributed by atoms with Crippen molar-refractivity contribution in [1.29, 1.82) is 0 Å². The molecule has 0 aliphatic carbocycles. The lowest BCUT2D eigenvalue weighted by Gasteiger charge is -2.27. The fourth-order valence-corrected chi connectivity index (χ4v) is 3.19. The van der Waals surface area contributed by atoms with Crippen molar-refractivity contribution in [3.05, 3.63) is 66.0 Å². The van der Waals surface area contributed by atoms with Gasteiger partial charge in [0.2, 0.25) is 0 Å². The number of hydrogen-bond acceptors (Lipinski definition) is 4. The Morgan fingerprint density at radius 2 is 1.92 bits per heavy atom. The summed E-state index contributed by atoms with van der Waals surface area (Å²) in [7, 11) is 0. The predicted molar refractivity (Wildman–Crippen MR) is 98.6 cm³/mol. The van der Waals surface area contributed by atoms with Gasteiger partial charge in [-0.05, 0) is 42.7 Å². The summed E-state index contributed by atoms with van der Waals surface area (Å²) in [6, 6.07) is 16.0. The number of halogens is 1. The van der Waals surface area contributed by atoms with E-state index in [2.05, 4.69) is 4.90 Å². The van der Waals surface area contributed by atoms with Crippen molar-refractivity contribution in [2.45, 2.75) is 31.6 Å². The molecule has 0 saturated carbocycles. The van der Waals surface area contributed by atoms with E-state index in [-0.39, 0.29) is 18.5 Å². The minimum absolute atomic E-state index is 0.192. The molecule has 26 heavy (non-hydrogen) atoms. The normalized spacial score (nSPS) is 18.2. The van der Waals surface area contributed by atoms with Crippen LogP contribution in [0.2, 0.25) is 0 Å². The molecule has 3 rings (SSSR count). The largest absolute Gasteiger partial charge is 0.491 e. The zero-order valence-corrected chi connectivity index (χ0v) is 14.9. The first-order valence-electron chi connectivity index (χ1n) is 9.13. The highest BCUT2D eigenvalue weighted by atomic mass is 19.1. The summed E-state index contributed by atoms with van der Waals surface area (Å²) in [5.74, 6) is 0.506. The average Bonchev–Trinajstić information content (AvgIpc) is 3.16. The first-order valence-corrected chi connectivity index (χ1v) is 9.13. The fourth-order valence-electron chi connectivity index (χ4n) is 3.19. The minimum atomic E-state index is -0.614. The van der Waals surface area contributed by atoms with E-state index in [0.29, 0.717) is 13.1 Å². The van der Waals surface area contributed by atoms with Gasteiger partial charge in [-0.25, -0.2) is 4.39 Å². The summed E-state index contributed by atoms with van der Waals surface area (Å²) < 4.78 is 24.5. The van der Waals surface area contributed by atoms with E-state index in [9.17, 15) is 9.50 Å². The molecule has 140 valence electrons. The van der Waals surface area contributed by atoms with Crippen molar-refractivity contribution in [1.82, 2.24) is 4.90 Å². The number of para-hydroxylation sites is 1. The maximum absolute atomic E-state index is 13.1. The Hall–Kier alpha value is -1.95. The minimum Gasteiger partial charge on any atom is -0.491 e. The molecule has 2 aromatic carbocycles. The third kappa shape index (κ3) is 6.09. The Balaban J connectivity index is 1.55. The van der Waals surface area contributed by atoms with Crippen molar-refractivity contribution in [3.8, 4) is 5.75 Å². The number of hydrogen-bond donors (Lipinski definition) is 1. The SMILES string of the molecule is OC(COc1ccccc1)CN(Cc1ccc(F)cc1)CC1CCCO1. The average molecular weight is 359 g/mol. The molecular weight excluding hydrogens is 333 g/mol. The van der Waals surface area contributed by atoms with E-state index >= 15 is 0 Å². The molecule has 1 fully saturated rings. The van der Waals surface area contributed by atoms with Gasteiger partial charge in [-0.2, -0.15) is 0 Å². The van der Waals surface area contributed by atoms with E-state index in [1.807, 2.05) is 30.3 Å². The first kappa shape index (κ1) is 18.8. The molecule has 0 radical (unpaired) electrons. The van der Waals surface area contributed by atoms with Gasteiger partial charge in [0.1, 0.15) is 24.3 Å². The van der Waals surface area contributed by atoms with Crippen LogP contribution in [0.25, 0.3) is 0 Å². The van der Waals surface area contributed by atoms with Gasteiger partial charge in [-0.15, -0.1) is 0 Å². The lowest BCUT2D eigenvalue weighted by molar-refractivity contribution is 0.0313. The lowest BCUT2D eigenvalue weighted by atomic mass is 10.1. The zero-order valence-electron chi connectivity index (χ0n) is 14.9. The molecule has 1 saturated heterocycles. The van der Waals surface area contributed by atoms with Crippen molar-refractivity contribution < 1.29 is 19.0 Å². The van der Waals surface area contributed by atoms with Crippen LogP contribution in [-0.2, 0) is 11.3 Å². The molecule has 4 nitrogen and oxygen atoms in total. The van der Waals surface area contributed by atoms with Crippen molar-refractivity contribution in [2.24, 2.45) is 0 Å². The topological polar surface area (TPSA) is 41.9 Å².